The first-order valence-electron chi connectivity index (χ1n) is 10.3. The van der Waals surface area contributed by atoms with Crippen LogP contribution in [-0.2, 0) is 14.4 Å². The molecule has 1 aromatic rings. The molecule has 3 N–H and O–H groups in total. The van der Waals surface area contributed by atoms with Gasteiger partial charge in [0.25, 0.3) is 0 Å². The zero-order valence-electron chi connectivity index (χ0n) is 18.3. The normalized spacial score (nSPS) is 17.3. The summed E-state index contributed by atoms with van der Waals surface area (Å²) in [7, 11) is 1.61. The zero-order valence-corrected chi connectivity index (χ0v) is 18.3. The Morgan fingerprint density at radius 1 is 1.15 bits per heavy atom. The van der Waals surface area contributed by atoms with Crippen LogP contribution < -0.4 is 15.0 Å². The van der Waals surface area contributed by atoms with Crippen LogP contribution in [0.3, 0.4) is 0 Å². The molecule has 0 spiro atoms. The highest BCUT2D eigenvalue weighted by Gasteiger charge is 2.30. The summed E-state index contributed by atoms with van der Waals surface area (Å²) in [5.74, 6) is -2.94. The number of urea groups is 1. The van der Waals surface area contributed by atoms with Crippen LogP contribution in [0, 0.1) is 11.3 Å². The van der Waals surface area contributed by atoms with E-state index in [-0.39, 0.29) is 24.5 Å². The number of likely N-dealkylation sites (tertiary alicyclic amines) is 1. The summed E-state index contributed by atoms with van der Waals surface area (Å²) in [6.45, 7) is 3.23. The molecule has 1 aromatic carbocycles. The van der Waals surface area contributed by atoms with Crippen LogP contribution in [0.15, 0.2) is 24.3 Å². The SMILES string of the molecule is COc1ccc(N2CCN(CCNCC(=O)N3CCC[C@H]3C#N)C2=O)cc1.O=C(O)C(=O)O. The van der Waals surface area contributed by atoms with Gasteiger partial charge in [-0.25, -0.2) is 14.4 Å². The van der Waals surface area contributed by atoms with Crippen molar-refractivity contribution in [2.75, 3.05) is 51.3 Å². The molecule has 2 aliphatic rings. The van der Waals surface area contributed by atoms with Crippen molar-refractivity contribution < 1.29 is 34.1 Å². The van der Waals surface area contributed by atoms with Gasteiger partial charge in [-0.2, -0.15) is 5.26 Å². The number of methoxy groups -OCH3 is 1. The van der Waals surface area contributed by atoms with Crippen molar-refractivity contribution in [1.29, 1.82) is 5.26 Å². The number of rotatable bonds is 7. The van der Waals surface area contributed by atoms with Gasteiger partial charge >= 0.3 is 18.0 Å². The summed E-state index contributed by atoms with van der Waals surface area (Å²) in [4.78, 5) is 48.1. The molecule has 0 radical (unpaired) electrons. The molecule has 2 fully saturated rings. The summed E-state index contributed by atoms with van der Waals surface area (Å²) >= 11 is 0. The fourth-order valence-corrected chi connectivity index (χ4v) is 3.50. The number of nitrogens with one attached hydrogen (secondary N) is 1. The van der Waals surface area contributed by atoms with Crippen LogP contribution in [0.2, 0.25) is 0 Å². The lowest BCUT2D eigenvalue weighted by molar-refractivity contribution is -0.159. The number of benzene rings is 1. The molecular weight excluding hydrogens is 434 g/mol. The molecule has 0 aliphatic carbocycles. The molecule has 1 atom stereocenters. The lowest BCUT2D eigenvalue weighted by Gasteiger charge is -2.21. The number of hydrogen-bond donors (Lipinski definition) is 3. The van der Waals surface area contributed by atoms with E-state index in [2.05, 4.69) is 11.4 Å². The van der Waals surface area contributed by atoms with Crippen LogP contribution in [0.5, 0.6) is 5.75 Å². The molecule has 2 aliphatic heterocycles. The van der Waals surface area contributed by atoms with Gasteiger partial charge in [0.05, 0.1) is 19.7 Å². The largest absolute Gasteiger partial charge is 0.497 e. The summed E-state index contributed by atoms with van der Waals surface area (Å²) in [5.41, 5.74) is 0.850. The number of nitrogens with zero attached hydrogens (tertiary/aromatic N) is 4. The van der Waals surface area contributed by atoms with E-state index in [1.54, 1.807) is 21.8 Å². The van der Waals surface area contributed by atoms with E-state index in [0.717, 1.165) is 24.3 Å². The van der Waals surface area contributed by atoms with Gasteiger partial charge in [0, 0.05) is 38.4 Å². The van der Waals surface area contributed by atoms with Crippen LogP contribution in [0.25, 0.3) is 0 Å². The highest BCUT2D eigenvalue weighted by atomic mass is 16.5. The number of nitriles is 1. The molecule has 12 heteroatoms. The molecule has 12 nitrogen and oxygen atoms in total. The van der Waals surface area contributed by atoms with E-state index in [9.17, 15) is 9.59 Å². The second-order valence-corrected chi connectivity index (χ2v) is 7.28. The van der Waals surface area contributed by atoms with Crippen molar-refractivity contribution in [3.8, 4) is 11.8 Å². The average Bonchev–Trinajstić information content (AvgIpc) is 3.43. The first kappa shape index (κ1) is 25.4. The molecule has 0 unspecified atom stereocenters. The van der Waals surface area contributed by atoms with E-state index in [1.165, 1.54) is 0 Å². The second-order valence-electron chi connectivity index (χ2n) is 7.28. The maximum absolute atomic E-state index is 12.6. The van der Waals surface area contributed by atoms with Crippen LogP contribution in [-0.4, -0.2) is 96.3 Å². The summed E-state index contributed by atoms with van der Waals surface area (Å²) in [5, 5.41) is 26.9. The van der Waals surface area contributed by atoms with Crippen molar-refractivity contribution in [1.82, 2.24) is 15.1 Å². The zero-order chi connectivity index (χ0) is 24.4. The number of carboxylic acids is 2. The molecule has 33 heavy (non-hydrogen) atoms. The minimum absolute atomic E-state index is 0.0302. The number of aliphatic carboxylic acids is 2. The molecule has 178 valence electrons. The fraction of sp³-hybridized carbons (Fsp3) is 0.476. The maximum atomic E-state index is 12.6. The monoisotopic (exact) mass is 461 g/mol. The number of carboxylic acid groups (broad SMARTS) is 2. The molecule has 0 bridgehead atoms. The predicted octanol–water partition coefficient (Wildman–Crippen LogP) is 0.197. The van der Waals surface area contributed by atoms with Gasteiger partial charge in [0.15, 0.2) is 0 Å². The van der Waals surface area contributed by atoms with Crippen LogP contribution >= 0.6 is 0 Å². The Balaban J connectivity index is 0.000000569. The smallest absolute Gasteiger partial charge is 0.414 e. The van der Waals surface area contributed by atoms with Gasteiger partial charge in [-0.1, -0.05) is 0 Å². The Morgan fingerprint density at radius 3 is 2.39 bits per heavy atom. The van der Waals surface area contributed by atoms with Gasteiger partial charge in [-0.3, -0.25) is 9.69 Å². The van der Waals surface area contributed by atoms with E-state index in [4.69, 9.17) is 29.8 Å². The van der Waals surface area contributed by atoms with Gasteiger partial charge < -0.3 is 30.1 Å². The lowest BCUT2D eigenvalue weighted by Crippen LogP contribution is -2.43. The number of ether oxygens (including phenoxy) is 1. The summed E-state index contributed by atoms with van der Waals surface area (Å²) in [6, 6.07) is 9.28. The standard InChI is InChI=1S/C19H25N5O3.C2H2O4/c1-27-17-6-4-15(5-7-17)24-12-11-22(19(24)26)10-8-21-14-18(25)23-9-2-3-16(23)13-20;3-1(4)2(5)6/h4-7,16,21H,2-3,8-12,14H2,1H3;(H,3,4)(H,5,6)/t16-;/m0./s1. The first-order valence-corrected chi connectivity index (χ1v) is 10.3. The third-order valence-corrected chi connectivity index (χ3v) is 5.22. The summed E-state index contributed by atoms with van der Waals surface area (Å²) in [6.07, 6.45) is 1.64. The van der Waals surface area contributed by atoms with Crippen molar-refractivity contribution >= 4 is 29.6 Å². The average molecular weight is 461 g/mol. The first-order chi connectivity index (χ1) is 15.8. The van der Waals surface area contributed by atoms with Crippen LogP contribution in [0.4, 0.5) is 10.5 Å². The topological polar surface area (TPSA) is 164 Å². The van der Waals surface area contributed by atoms with Gasteiger partial charge in [0.1, 0.15) is 11.8 Å². The van der Waals surface area contributed by atoms with Gasteiger partial charge in [0.2, 0.25) is 5.91 Å². The van der Waals surface area contributed by atoms with Gasteiger partial charge in [-0.05, 0) is 37.1 Å². The molecule has 3 amide bonds. The number of carbonyl (C=O) groups excluding carboxylic acids is 2. The van der Waals surface area contributed by atoms with E-state index in [1.807, 2.05) is 24.3 Å². The number of hydrogen-bond acceptors (Lipinski definition) is 7. The lowest BCUT2D eigenvalue weighted by atomic mass is 10.2. The van der Waals surface area contributed by atoms with Crippen LogP contribution in [0.1, 0.15) is 12.8 Å². The summed E-state index contributed by atoms with van der Waals surface area (Å²) < 4.78 is 5.14. The second kappa shape index (κ2) is 12.3. The number of amides is 3. The Labute approximate surface area is 190 Å². The van der Waals surface area contributed by atoms with Crippen molar-refractivity contribution in [3.05, 3.63) is 24.3 Å². The molecule has 2 heterocycles. The molecule has 0 aromatic heterocycles. The molecule has 2 saturated heterocycles. The Morgan fingerprint density at radius 2 is 1.82 bits per heavy atom. The van der Waals surface area contributed by atoms with E-state index >= 15 is 0 Å². The number of anilines is 1. The molecular formula is C21H27N5O7. The van der Waals surface area contributed by atoms with Gasteiger partial charge in [-0.15, -0.1) is 0 Å². The molecule has 3 rings (SSSR count). The van der Waals surface area contributed by atoms with Crippen molar-refractivity contribution in [2.24, 2.45) is 0 Å². The van der Waals surface area contributed by atoms with E-state index < -0.39 is 11.9 Å². The Hall–Kier alpha value is -3.85. The number of carbonyl (C=O) groups is 4. The van der Waals surface area contributed by atoms with Crippen molar-refractivity contribution in [3.63, 3.8) is 0 Å². The highest BCUT2D eigenvalue weighted by Crippen LogP contribution is 2.23. The molecule has 0 saturated carbocycles. The minimum Gasteiger partial charge on any atom is -0.497 e. The quantitative estimate of drug-likeness (QED) is 0.380. The predicted molar refractivity (Wildman–Crippen MR) is 116 cm³/mol. The Kier molecular flexibility index (Phi) is 9.44. The van der Waals surface area contributed by atoms with Crippen molar-refractivity contribution in [2.45, 2.75) is 18.9 Å². The third kappa shape index (κ3) is 7.08. The maximum Gasteiger partial charge on any atom is 0.414 e. The minimum atomic E-state index is -1.82. The fourth-order valence-electron chi connectivity index (χ4n) is 3.50. The van der Waals surface area contributed by atoms with E-state index in [0.29, 0.717) is 32.7 Å². The Bertz CT molecular complexity index is 887. The third-order valence-electron chi connectivity index (χ3n) is 5.22. The highest BCUT2D eigenvalue weighted by molar-refractivity contribution is 6.27.